The summed E-state index contributed by atoms with van der Waals surface area (Å²) in [6, 6.07) is 4.94. The molecule has 1 saturated carbocycles. The Labute approximate surface area is 209 Å². The molecule has 1 unspecified atom stereocenters. The third-order valence-electron chi connectivity index (χ3n) is 5.64. The summed E-state index contributed by atoms with van der Waals surface area (Å²) in [5, 5.41) is 19.0. The van der Waals surface area contributed by atoms with Crippen LogP contribution in [0, 0.1) is 21.0 Å². The number of aliphatic hydroxyl groups excluding tert-OH is 2. The Hall–Kier alpha value is -1.61. The van der Waals surface area contributed by atoms with Crippen molar-refractivity contribution in [1.29, 1.82) is 0 Å². The zero-order valence-electron chi connectivity index (χ0n) is 18.3. The number of rotatable bonds is 12. The van der Waals surface area contributed by atoms with E-state index in [4.69, 9.17) is 14.6 Å². The molecule has 2 aromatic carbocycles. The van der Waals surface area contributed by atoms with Gasteiger partial charge in [-0.15, -0.1) is 0 Å². The van der Waals surface area contributed by atoms with Crippen LogP contribution in [0.1, 0.15) is 30.4 Å². The Kier molecular flexibility index (Phi) is 8.71. The minimum atomic E-state index is -4.24. The molecule has 0 spiro atoms. The van der Waals surface area contributed by atoms with Crippen LogP contribution in [0.4, 0.5) is 18.9 Å². The smallest absolute Gasteiger partial charge is 0.238 e. The SMILES string of the molecule is COCCOc1cc(F)c(F)c(Cc2ccc(I)cc2F)c1NS(=O)(=O)C1(CC(O)CO)CC1. The molecule has 0 heterocycles. The number of benzene rings is 2. The summed E-state index contributed by atoms with van der Waals surface area (Å²) in [4.78, 5) is 0. The molecule has 3 rings (SSSR count). The van der Waals surface area contributed by atoms with Crippen LogP contribution in [-0.4, -0.2) is 56.4 Å². The summed E-state index contributed by atoms with van der Waals surface area (Å²) in [6.07, 6.45) is -1.52. The second-order valence-electron chi connectivity index (χ2n) is 8.11. The summed E-state index contributed by atoms with van der Waals surface area (Å²) in [7, 11) is -2.83. The van der Waals surface area contributed by atoms with Gasteiger partial charge in [0.2, 0.25) is 10.0 Å². The standard InChI is InChI=1S/C22H25F3INO6S/c1-32-6-7-33-19-10-18(24)20(25)16(8-13-2-3-14(26)9-17(13)23)21(19)27-34(30,31)22(4-5-22)11-15(29)12-28/h2-3,9-10,15,27-29H,4-8,11-12H2,1H3. The van der Waals surface area contributed by atoms with Crippen molar-refractivity contribution in [2.45, 2.75) is 36.5 Å². The molecular weight excluding hydrogens is 590 g/mol. The van der Waals surface area contributed by atoms with Gasteiger partial charge in [-0.3, -0.25) is 4.72 Å². The van der Waals surface area contributed by atoms with Crippen LogP contribution in [-0.2, 0) is 21.2 Å². The van der Waals surface area contributed by atoms with Crippen molar-refractivity contribution in [3.8, 4) is 5.75 Å². The van der Waals surface area contributed by atoms with Gasteiger partial charge in [-0.25, -0.2) is 21.6 Å². The first-order valence-corrected chi connectivity index (χ1v) is 13.0. The monoisotopic (exact) mass is 615 g/mol. The lowest BCUT2D eigenvalue weighted by atomic mass is 10.0. The Morgan fingerprint density at radius 3 is 2.47 bits per heavy atom. The fourth-order valence-electron chi connectivity index (χ4n) is 3.59. The maximum absolute atomic E-state index is 15.0. The number of hydrogen-bond acceptors (Lipinski definition) is 6. The van der Waals surface area contributed by atoms with Crippen molar-refractivity contribution in [3.05, 3.63) is 56.4 Å². The van der Waals surface area contributed by atoms with Gasteiger partial charge in [0.15, 0.2) is 11.6 Å². The predicted molar refractivity (Wildman–Crippen MR) is 128 cm³/mol. The molecular formula is C22H25F3INO6S. The highest BCUT2D eigenvalue weighted by Crippen LogP contribution is 2.49. The Balaban J connectivity index is 2.07. The normalized spacial score (nSPS) is 15.7. The van der Waals surface area contributed by atoms with Crippen LogP contribution < -0.4 is 9.46 Å². The van der Waals surface area contributed by atoms with Crippen molar-refractivity contribution >= 4 is 38.3 Å². The number of methoxy groups -OCH3 is 1. The van der Waals surface area contributed by atoms with Gasteiger partial charge < -0.3 is 19.7 Å². The summed E-state index contributed by atoms with van der Waals surface area (Å²) in [5.41, 5.74) is -0.739. The van der Waals surface area contributed by atoms with E-state index < -0.39 is 56.9 Å². The second-order valence-corrected chi connectivity index (χ2v) is 11.4. The van der Waals surface area contributed by atoms with Crippen molar-refractivity contribution in [2.75, 3.05) is 31.7 Å². The van der Waals surface area contributed by atoms with Gasteiger partial charge in [0.05, 0.1) is 29.8 Å². The molecule has 0 saturated heterocycles. The molecule has 3 N–H and O–H groups in total. The van der Waals surface area contributed by atoms with Crippen LogP contribution in [0.2, 0.25) is 0 Å². The van der Waals surface area contributed by atoms with E-state index in [9.17, 15) is 26.7 Å². The van der Waals surface area contributed by atoms with Crippen molar-refractivity contribution < 1.29 is 41.3 Å². The Morgan fingerprint density at radius 2 is 1.88 bits per heavy atom. The molecule has 1 aliphatic carbocycles. The van der Waals surface area contributed by atoms with E-state index in [1.807, 2.05) is 22.6 Å². The molecule has 0 aliphatic heterocycles. The van der Waals surface area contributed by atoms with Crippen molar-refractivity contribution in [2.24, 2.45) is 0 Å². The van der Waals surface area contributed by atoms with Crippen LogP contribution in [0.15, 0.2) is 24.3 Å². The lowest BCUT2D eigenvalue weighted by Gasteiger charge is -2.23. The fraction of sp³-hybridized carbons (Fsp3) is 0.455. The van der Waals surface area contributed by atoms with E-state index >= 15 is 0 Å². The maximum Gasteiger partial charge on any atom is 0.238 e. The van der Waals surface area contributed by atoms with E-state index in [1.165, 1.54) is 19.2 Å². The van der Waals surface area contributed by atoms with Gasteiger partial charge in [-0.1, -0.05) is 6.07 Å². The van der Waals surface area contributed by atoms with Crippen LogP contribution in [0.25, 0.3) is 0 Å². The van der Waals surface area contributed by atoms with Gasteiger partial charge in [0.1, 0.15) is 18.2 Å². The quantitative estimate of drug-likeness (QED) is 0.250. The van der Waals surface area contributed by atoms with Gasteiger partial charge in [0, 0.05) is 28.7 Å². The Bertz CT molecular complexity index is 1140. The number of anilines is 1. The fourth-order valence-corrected chi connectivity index (χ4v) is 5.81. The van der Waals surface area contributed by atoms with Crippen molar-refractivity contribution in [1.82, 2.24) is 0 Å². The molecule has 0 radical (unpaired) electrons. The zero-order chi connectivity index (χ0) is 25.1. The third kappa shape index (κ3) is 5.96. The maximum atomic E-state index is 15.0. The summed E-state index contributed by atoms with van der Waals surface area (Å²) in [5.74, 6) is -3.56. The summed E-state index contributed by atoms with van der Waals surface area (Å²) in [6.45, 7) is -0.605. The number of hydrogen-bond donors (Lipinski definition) is 3. The van der Waals surface area contributed by atoms with Gasteiger partial charge in [-0.05, 0) is 59.5 Å². The highest BCUT2D eigenvalue weighted by Gasteiger charge is 2.55. The van der Waals surface area contributed by atoms with Gasteiger partial charge in [0.25, 0.3) is 0 Å². The number of ether oxygens (including phenoxy) is 2. The molecule has 1 atom stereocenters. The molecule has 0 amide bonds. The summed E-state index contributed by atoms with van der Waals surface area (Å²) >= 11 is 1.91. The highest BCUT2D eigenvalue weighted by molar-refractivity contribution is 14.1. The molecule has 188 valence electrons. The molecule has 1 aliphatic rings. The van der Waals surface area contributed by atoms with E-state index in [0.29, 0.717) is 3.57 Å². The van der Waals surface area contributed by atoms with E-state index in [2.05, 4.69) is 4.72 Å². The van der Waals surface area contributed by atoms with E-state index in [1.54, 1.807) is 6.07 Å². The molecule has 1 fully saturated rings. The molecule has 2 aromatic rings. The number of halogens is 4. The number of sulfonamides is 1. The van der Waals surface area contributed by atoms with Crippen molar-refractivity contribution in [3.63, 3.8) is 0 Å². The van der Waals surface area contributed by atoms with Crippen LogP contribution in [0.5, 0.6) is 5.75 Å². The zero-order valence-corrected chi connectivity index (χ0v) is 21.3. The lowest BCUT2D eigenvalue weighted by molar-refractivity contribution is 0.0858. The molecule has 7 nitrogen and oxygen atoms in total. The second kappa shape index (κ2) is 11.0. The molecule has 34 heavy (non-hydrogen) atoms. The van der Waals surface area contributed by atoms with Gasteiger partial charge >= 0.3 is 0 Å². The highest BCUT2D eigenvalue weighted by atomic mass is 127. The average Bonchev–Trinajstić information content (AvgIpc) is 3.56. The lowest BCUT2D eigenvalue weighted by Crippen LogP contribution is -2.35. The van der Waals surface area contributed by atoms with Gasteiger partial charge in [-0.2, -0.15) is 0 Å². The Morgan fingerprint density at radius 1 is 1.18 bits per heavy atom. The first kappa shape index (κ1) is 27.0. The molecule has 12 heteroatoms. The molecule has 0 bridgehead atoms. The third-order valence-corrected chi connectivity index (χ3v) is 8.50. The minimum absolute atomic E-state index is 0.0324. The number of aliphatic hydroxyl groups is 2. The number of nitrogens with one attached hydrogen (secondary N) is 1. The largest absolute Gasteiger partial charge is 0.489 e. The summed E-state index contributed by atoms with van der Waals surface area (Å²) < 4.78 is 82.4. The first-order valence-electron chi connectivity index (χ1n) is 10.4. The first-order chi connectivity index (χ1) is 16.0. The average molecular weight is 615 g/mol. The molecule has 0 aromatic heterocycles. The minimum Gasteiger partial charge on any atom is -0.489 e. The van der Waals surface area contributed by atoms with Crippen LogP contribution >= 0.6 is 22.6 Å². The van der Waals surface area contributed by atoms with E-state index in [0.717, 1.165) is 6.07 Å². The van der Waals surface area contributed by atoms with Crippen LogP contribution in [0.3, 0.4) is 0 Å². The topological polar surface area (TPSA) is 105 Å². The van der Waals surface area contributed by atoms with E-state index in [-0.39, 0.29) is 49.5 Å². The predicted octanol–water partition coefficient (Wildman–Crippen LogP) is 3.34.